The number of hydrogen-bond donors (Lipinski definition) is 3. The van der Waals surface area contributed by atoms with Crippen molar-refractivity contribution in [3.63, 3.8) is 0 Å². The molecule has 4 heterocycles. The molecule has 11 heteroatoms. The highest BCUT2D eigenvalue weighted by Crippen LogP contribution is 2.37. The number of fused-ring (bicyclic) bond motifs is 1. The molecule has 0 spiro atoms. The molecular weight excluding hydrogens is 416 g/mol. The van der Waals surface area contributed by atoms with Gasteiger partial charge in [0, 0.05) is 43.1 Å². The van der Waals surface area contributed by atoms with Gasteiger partial charge in [-0.2, -0.15) is 0 Å². The fraction of sp³-hybridized carbons (Fsp3) is 0.389. The van der Waals surface area contributed by atoms with Crippen LogP contribution >= 0.6 is 11.6 Å². The molecule has 2 aromatic rings. The second kappa shape index (κ2) is 6.82. The fourth-order valence-electron chi connectivity index (χ4n) is 3.67. The molecule has 9 nitrogen and oxygen atoms in total. The van der Waals surface area contributed by atoms with E-state index in [-0.39, 0.29) is 38.3 Å². The van der Waals surface area contributed by atoms with Gasteiger partial charge in [0.05, 0.1) is 10.5 Å². The van der Waals surface area contributed by atoms with Crippen LogP contribution < -0.4 is 21.7 Å². The molecule has 2 aliphatic heterocycles. The number of amides is 1. The molecule has 4 rings (SSSR count). The molecule has 29 heavy (non-hydrogen) atoms. The minimum absolute atomic E-state index is 0.0996. The van der Waals surface area contributed by atoms with Crippen LogP contribution in [0.1, 0.15) is 35.7 Å². The van der Waals surface area contributed by atoms with Crippen LogP contribution in [0.4, 0.5) is 11.6 Å². The first-order chi connectivity index (χ1) is 13.6. The summed E-state index contributed by atoms with van der Waals surface area (Å²) in [6.45, 7) is 3.58. The van der Waals surface area contributed by atoms with Crippen molar-refractivity contribution in [1.29, 1.82) is 0 Å². The third kappa shape index (κ3) is 3.30. The Labute approximate surface area is 173 Å². The predicted octanol–water partition coefficient (Wildman–Crippen LogP) is 1.11. The lowest BCUT2D eigenvalue weighted by molar-refractivity contribution is 0.0963. The third-order valence-electron chi connectivity index (χ3n) is 5.44. The Morgan fingerprint density at radius 3 is 2.62 bits per heavy atom. The smallest absolute Gasteiger partial charge is 0.253 e. The van der Waals surface area contributed by atoms with Crippen LogP contribution in [-0.2, 0) is 16.4 Å². The summed E-state index contributed by atoms with van der Waals surface area (Å²) >= 11 is 6.09. The first kappa shape index (κ1) is 19.9. The maximum Gasteiger partial charge on any atom is 0.253 e. The van der Waals surface area contributed by atoms with E-state index < -0.39 is 15.7 Å². The van der Waals surface area contributed by atoms with E-state index in [0.29, 0.717) is 24.5 Å². The number of anilines is 2. The fourth-order valence-corrected chi connectivity index (χ4v) is 5.58. The van der Waals surface area contributed by atoms with E-state index in [9.17, 15) is 13.2 Å². The number of piperidine rings is 1. The number of sulfone groups is 1. The van der Waals surface area contributed by atoms with Crippen molar-refractivity contribution in [2.75, 3.05) is 23.7 Å². The molecule has 1 amide bonds. The highest BCUT2D eigenvalue weighted by Gasteiger charge is 2.36. The summed E-state index contributed by atoms with van der Waals surface area (Å²) in [5.41, 5.74) is 12.3. The van der Waals surface area contributed by atoms with E-state index in [1.807, 2.05) is 11.8 Å². The lowest BCUT2D eigenvalue weighted by atomic mass is 9.91. The highest BCUT2D eigenvalue weighted by molar-refractivity contribution is 7.91. The summed E-state index contributed by atoms with van der Waals surface area (Å²) in [4.78, 5) is 22.4. The van der Waals surface area contributed by atoms with Crippen molar-refractivity contribution >= 4 is 39.0 Å². The van der Waals surface area contributed by atoms with Crippen LogP contribution in [-0.4, -0.2) is 42.9 Å². The molecule has 0 saturated carbocycles. The normalized spacial score (nSPS) is 18.4. The van der Waals surface area contributed by atoms with E-state index in [0.717, 1.165) is 12.8 Å². The Morgan fingerprint density at radius 2 is 1.93 bits per heavy atom. The predicted molar refractivity (Wildman–Crippen MR) is 109 cm³/mol. The van der Waals surface area contributed by atoms with E-state index in [1.54, 1.807) is 0 Å². The average molecular weight is 437 g/mol. The number of nitrogens with zero attached hydrogens (tertiary/aromatic N) is 3. The summed E-state index contributed by atoms with van der Waals surface area (Å²) in [7, 11) is -4.13. The van der Waals surface area contributed by atoms with Crippen LogP contribution in [0.25, 0.3) is 0 Å². The molecule has 1 saturated heterocycles. The van der Waals surface area contributed by atoms with Gasteiger partial charge in [-0.05, 0) is 25.8 Å². The number of hydrogen-bond acceptors (Lipinski definition) is 8. The molecule has 0 atom stereocenters. The highest BCUT2D eigenvalue weighted by atomic mass is 35.5. The molecule has 2 aliphatic rings. The van der Waals surface area contributed by atoms with E-state index in [2.05, 4.69) is 15.3 Å². The zero-order valence-electron chi connectivity index (χ0n) is 15.8. The van der Waals surface area contributed by atoms with Crippen molar-refractivity contribution < 1.29 is 13.2 Å². The van der Waals surface area contributed by atoms with Gasteiger partial charge < -0.3 is 21.7 Å². The Kier molecular flexibility index (Phi) is 4.67. The van der Waals surface area contributed by atoms with Gasteiger partial charge in [-0.3, -0.25) is 4.79 Å². The molecule has 1 fully saturated rings. The van der Waals surface area contributed by atoms with Gasteiger partial charge in [-0.25, -0.2) is 18.4 Å². The third-order valence-corrected chi connectivity index (χ3v) is 7.76. The summed E-state index contributed by atoms with van der Waals surface area (Å²) < 4.78 is 26.5. The van der Waals surface area contributed by atoms with E-state index in [4.69, 9.17) is 23.1 Å². The largest absolute Gasteiger partial charge is 0.382 e. The zero-order valence-corrected chi connectivity index (χ0v) is 17.3. The number of aromatic nitrogens is 2. The molecule has 0 unspecified atom stereocenters. The molecule has 0 radical (unpaired) electrons. The molecule has 2 aromatic heterocycles. The van der Waals surface area contributed by atoms with Gasteiger partial charge in [0.25, 0.3) is 5.91 Å². The SMILES string of the molecule is CC1(N)CCN(c2ncc(S(=O)(=O)c3ccnc(N)c3Cl)c3c2CNC3=O)CC1. The van der Waals surface area contributed by atoms with Gasteiger partial charge in [-0.15, -0.1) is 0 Å². The second-order valence-electron chi connectivity index (χ2n) is 7.64. The topological polar surface area (TPSA) is 144 Å². The number of nitrogens with two attached hydrogens (primary N) is 2. The maximum atomic E-state index is 13.3. The summed E-state index contributed by atoms with van der Waals surface area (Å²) in [6.07, 6.45) is 4.03. The number of rotatable bonds is 3. The molecule has 5 N–H and O–H groups in total. The van der Waals surface area contributed by atoms with Crippen LogP contribution in [0.3, 0.4) is 0 Å². The van der Waals surface area contributed by atoms with Crippen molar-refractivity contribution in [2.24, 2.45) is 5.73 Å². The van der Waals surface area contributed by atoms with Crippen molar-refractivity contribution in [1.82, 2.24) is 15.3 Å². The number of nitrogens with one attached hydrogen (secondary N) is 1. The van der Waals surface area contributed by atoms with Crippen LogP contribution in [0.15, 0.2) is 28.3 Å². The zero-order chi connectivity index (χ0) is 21.0. The molecule has 0 aromatic carbocycles. The Morgan fingerprint density at radius 1 is 1.24 bits per heavy atom. The van der Waals surface area contributed by atoms with Crippen molar-refractivity contribution in [3.05, 3.63) is 34.6 Å². The van der Waals surface area contributed by atoms with E-state index in [1.165, 1.54) is 18.5 Å². The van der Waals surface area contributed by atoms with Gasteiger partial charge >= 0.3 is 0 Å². The van der Waals surface area contributed by atoms with Crippen molar-refractivity contribution in [3.8, 4) is 0 Å². The van der Waals surface area contributed by atoms with Crippen LogP contribution in [0.5, 0.6) is 0 Å². The van der Waals surface area contributed by atoms with Crippen LogP contribution in [0.2, 0.25) is 5.02 Å². The summed E-state index contributed by atoms with van der Waals surface area (Å²) in [5, 5.41) is 2.53. The molecule has 154 valence electrons. The Hall–Kier alpha value is -2.43. The minimum Gasteiger partial charge on any atom is -0.382 e. The standard InChI is InChI=1S/C18H21ClN6O3S/c1-18(21)3-6-25(7-4-18)16-10-8-24-17(26)13(10)12(9-23-16)29(27,28)11-2-5-22-15(20)14(11)19/h2,5,9H,3-4,6-8,21H2,1H3,(H2,20,22)(H,24,26). The summed E-state index contributed by atoms with van der Waals surface area (Å²) in [5.74, 6) is 0.0470. The van der Waals surface area contributed by atoms with Gasteiger partial charge in [0.1, 0.15) is 21.6 Å². The monoisotopic (exact) mass is 436 g/mol. The van der Waals surface area contributed by atoms with Gasteiger partial charge in [-0.1, -0.05) is 11.6 Å². The van der Waals surface area contributed by atoms with Crippen LogP contribution in [0, 0.1) is 0 Å². The quantitative estimate of drug-likeness (QED) is 0.648. The number of pyridine rings is 2. The van der Waals surface area contributed by atoms with Gasteiger partial charge in [0.2, 0.25) is 9.84 Å². The number of carbonyl (C=O) groups is 1. The lowest BCUT2D eigenvalue weighted by Gasteiger charge is -2.38. The number of carbonyl (C=O) groups excluding carboxylic acids is 1. The summed E-state index contributed by atoms with van der Waals surface area (Å²) in [6, 6.07) is 1.26. The van der Waals surface area contributed by atoms with Crippen molar-refractivity contribution in [2.45, 2.75) is 41.6 Å². The Bertz CT molecular complexity index is 1110. The average Bonchev–Trinajstić information content (AvgIpc) is 3.05. The first-order valence-corrected chi connectivity index (χ1v) is 11.0. The van der Waals surface area contributed by atoms with Gasteiger partial charge in [0.15, 0.2) is 0 Å². The first-order valence-electron chi connectivity index (χ1n) is 9.11. The Balaban J connectivity index is 1.82. The lowest BCUT2D eigenvalue weighted by Crippen LogP contribution is -2.48. The number of halogens is 1. The molecular formula is C18H21ClN6O3S. The maximum absolute atomic E-state index is 13.3. The molecule has 0 bridgehead atoms. The second-order valence-corrected chi connectivity index (χ2v) is 9.90. The van der Waals surface area contributed by atoms with E-state index >= 15 is 0 Å². The minimum atomic E-state index is -4.13. The molecule has 0 aliphatic carbocycles. The number of nitrogen functional groups attached to an aromatic ring is 1.